The van der Waals surface area contributed by atoms with Crippen molar-refractivity contribution in [2.45, 2.75) is 6.10 Å². The van der Waals surface area contributed by atoms with E-state index < -0.39 is 0 Å². The van der Waals surface area contributed by atoms with Crippen LogP contribution in [0.25, 0.3) is 0 Å². The lowest BCUT2D eigenvalue weighted by Crippen LogP contribution is -2.24. The van der Waals surface area contributed by atoms with Crippen molar-refractivity contribution in [3.05, 3.63) is 28.7 Å². The average Bonchev–Trinajstić information content (AvgIpc) is 2.61. The molecule has 0 bridgehead atoms. The normalized spacial score (nSPS) is 20.5. The minimum atomic E-state index is -0.331. The van der Waals surface area contributed by atoms with Gasteiger partial charge in [0.25, 0.3) is 0 Å². The third kappa shape index (κ3) is 2.26. The van der Waals surface area contributed by atoms with Gasteiger partial charge < -0.3 is 4.74 Å². The predicted molar refractivity (Wildman–Crippen MR) is 62.5 cm³/mol. The molecular weight excluding hydrogens is 281 g/mol. The molecule has 1 fully saturated rings. The third-order valence-corrected chi connectivity index (χ3v) is 3.06. The Bertz CT molecular complexity index is 368. The molecule has 1 aliphatic rings. The van der Waals surface area contributed by atoms with Crippen LogP contribution in [-0.4, -0.2) is 24.6 Å². The Hall–Kier alpha value is -0.740. The molecule has 0 radical (unpaired) electrons. The summed E-state index contributed by atoms with van der Waals surface area (Å²) in [5.74, 6) is 0.332. The zero-order chi connectivity index (χ0) is 10.8. The molecule has 0 spiro atoms. The summed E-state index contributed by atoms with van der Waals surface area (Å²) in [6, 6.07) is 7.50. The number of amides is 1. The molecule has 3 nitrogen and oxygen atoms in total. The minimum Gasteiger partial charge on any atom is -0.443 e. The second-order valence-corrected chi connectivity index (χ2v) is 4.47. The third-order valence-electron chi connectivity index (χ3n) is 2.18. The standard InChI is InChI=1S/C10H9BrClNO2/c11-7-1-3-8(4-2-7)13-6-9(5-12)15-10(13)14/h1-4,9H,5-6H2/t9-/m0/s1. The smallest absolute Gasteiger partial charge is 0.414 e. The van der Waals surface area contributed by atoms with Crippen molar-refractivity contribution in [1.29, 1.82) is 0 Å². The molecule has 1 heterocycles. The fourth-order valence-corrected chi connectivity index (χ4v) is 1.86. The van der Waals surface area contributed by atoms with Crippen molar-refractivity contribution in [2.75, 3.05) is 17.3 Å². The largest absolute Gasteiger partial charge is 0.443 e. The van der Waals surface area contributed by atoms with Crippen LogP contribution in [0.2, 0.25) is 0 Å². The van der Waals surface area contributed by atoms with Crippen LogP contribution in [0.1, 0.15) is 0 Å². The van der Waals surface area contributed by atoms with E-state index in [4.69, 9.17) is 16.3 Å². The maximum Gasteiger partial charge on any atom is 0.414 e. The topological polar surface area (TPSA) is 29.5 Å². The molecule has 80 valence electrons. The number of nitrogens with zero attached hydrogens (tertiary/aromatic N) is 1. The first-order valence-electron chi connectivity index (χ1n) is 4.50. The Balaban J connectivity index is 2.18. The maximum absolute atomic E-state index is 11.5. The summed E-state index contributed by atoms with van der Waals surface area (Å²) in [4.78, 5) is 13.0. The minimum absolute atomic E-state index is 0.206. The molecule has 5 heteroatoms. The van der Waals surface area contributed by atoms with Gasteiger partial charge in [0.1, 0.15) is 6.10 Å². The second-order valence-electron chi connectivity index (χ2n) is 3.25. The molecule has 1 aromatic carbocycles. The number of hydrogen-bond acceptors (Lipinski definition) is 2. The number of hydrogen-bond donors (Lipinski definition) is 0. The first-order chi connectivity index (χ1) is 7.20. The van der Waals surface area contributed by atoms with Crippen molar-refractivity contribution < 1.29 is 9.53 Å². The number of rotatable bonds is 2. The Morgan fingerprint density at radius 3 is 2.67 bits per heavy atom. The van der Waals surface area contributed by atoms with Gasteiger partial charge in [0.15, 0.2) is 0 Å². The summed E-state index contributed by atoms with van der Waals surface area (Å²) in [5.41, 5.74) is 0.829. The van der Waals surface area contributed by atoms with Crippen LogP contribution in [0, 0.1) is 0 Å². The van der Waals surface area contributed by atoms with Crippen LogP contribution in [0.4, 0.5) is 10.5 Å². The molecular formula is C10H9BrClNO2. The summed E-state index contributed by atoms with van der Waals surface area (Å²) in [7, 11) is 0. The Morgan fingerprint density at radius 2 is 2.13 bits per heavy atom. The monoisotopic (exact) mass is 289 g/mol. The van der Waals surface area contributed by atoms with E-state index in [1.807, 2.05) is 24.3 Å². The van der Waals surface area contributed by atoms with Gasteiger partial charge in [-0.15, -0.1) is 11.6 Å². The van der Waals surface area contributed by atoms with Crippen LogP contribution in [-0.2, 0) is 4.74 Å². The highest BCUT2D eigenvalue weighted by Gasteiger charge is 2.31. The van der Waals surface area contributed by atoms with Crippen LogP contribution < -0.4 is 4.90 Å². The summed E-state index contributed by atoms with van der Waals surface area (Å²) in [6.45, 7) is 0.518. The first kappa shape index (κ1) is 10.8. The zero-order valence-electron chi connectivity index (χ0n) is 7.82. The zero-order valence-corrected chi connectivity index (χ0v) is 10.2. The lowest BCUT2D eigenvalue weighted by molar-refractivity contribution is 0.151. The van der Waals surface area contributed by atoms with Crippen molar-refractivity contribution in [3.63, 3.8) is 0 Å². The molecule has 0 aromatic heterocycles. The summed E-state index contributed by atoms with van der Waals surface area (Å²) >= 11 is 8.98. The molecule has 1 saturated heterocycles. The molecule has 0 saturated carbocycles. The molecule has 1 atom stereocenters. The van der Waals surface area contributed by atoms with Crippen molar-refractivity contribution in [3.8, 4) is 0 Å². The predicted octanol–water partition coefficient (Wildman–Crippen LogP) is 3.01. The van der Waals surface area contributed by atoms with E-state index in [9.17, 15) is 4.79 Å². The summed E-state index contributed by atoms with van der Waals surface area (Å²) in [6.07, 6.45) is -0.536. The highest BCUT2D eigenvalue weighted by Crippen LogP contribution is 2.23. The Labute approximate surface area is 101 Å². The van der Waals surface area contributed by atoms with Gasteiger partial charge in [-0.2, -0.15) is 0 Å². The molecule has 15 heavy (non-hydrogen) atoms. The number of ether oxygens (including phenoxy) is 1. The number of carbonyl (C=O) groups excluding carboxylic acids is 1. The van der Waals surface area contributed by atoms with Crippen LogP contribution >= 0.6 is 27.5 Å². The summed E-state index contributed by atoms with van der Waals surface area (Å²) in [5, 5.41) is 0. The maximum atomic E-state index is 11.5. The average molecular weight is 291 g/mol. The number of carbonyl (C=O) groups is 1. The van der Waals surface area contributed by atoms with E-state index in [2.05, 4.69) is 15.9 Å². The quantitative estimate of drug-likeness (QED) is 0.784. The van der Waals surface area contributed by atoms with E-state index in [1.54, 1.807) is 4.90 Å². The van der Waals surface area contributed by atoms with Gasteiger partial charge in [-0.05, 0) is 24.3 Å². The van der Waals surface area contributed by atoms with Gasteiger partial charge in [0.05, 0.1) is 12.4 Å². The summed E-state index contributed by atoms with van der Waals surface area (Å²) < 4.78 is 6.03. The molecule has 0 aliphatic carbocycles. The highest BCUT2D eigenvalue weighted by molar-refractivity contribution is 9.10. The molecule has 1 aromatic rings. The van der Waals surface area contributed by atoms with E-state index in [0.29, 0.717) is 12.4 Å². The van der Waals surface area contributed by atoms with Gasteiger partial charge in [-0.1, -0.05) is 15.9 Å². The molecule has 2 rings (SSSR count). The highest BCUT2D eigenvalue weighted by atomic mass is 79.9. The molecule has 0 unspecified atom stereocenters. The lowest BCUT2D eigenvalue weighted by Gasteiger charge is -2.12. The number of cyclic esters (lactones) is 1. The lowest BCUT2D eigenvalue weighted by atomic mass is 10.3. The first-order valence-corrected chi connectivity index (χ1v) is 5.83. The number of anilines is 1. The van der Waals surface area contributed by atoms with Crippen LogP contribution in [0.3, 0.4) is 0 Å². The van der Waals surface area contributed by atoms with Gasteiger partial charge in [-0.3, -0.25) is 4.90 Å². The number of halogens is 2. The van der Waals surface area contributed by atoms with E-state index in [1.165, 1.54) is 0 Å². The van der Waals surface area contributed by atoms with E-state index in [0.717, 1.165) is 10.2 Å². The molecule has 1 aliphatic heterocycles. The van der Waals surface area contributed by atoms with E-state index in [-0.39, 0.29) is 12.2 Å². The van der Waals surface area contributed by atoms with Gasteiger partial charge in [0, 0.05) is 10.2 Å². The molecule has 1 amide bonds. The van der Waals surface area contributed by atoms with Gasteiger partial charge in [-0.25, -0.2) is 4.79 Å². The fourth-order valence-electron chi connectivity index (χ4n) is 1.43. The van der Waals surface area contributed by atoms with E-state index >= 15 is 0 Å². The number of alkyl halides is 1. The van der Waals surface area contributed by atoms with Crippen molar-refractivity contribution in [2.24, 2.45) is 0 Å². The van der Waals surface area contributed by atoms with Crippen LogP contribution in [0.15, 0.2) is 28.7 Å². The van der Waals surface area contributed by atoms with Gasteiger partial charge in [0.2, 0.25) is 0 Å². The number of benzene rings is 1. The van der Waals surface area contributed by atoms with Crippen LogP contribution in [0.5, 0.6) is 0 Å². The SMILES string of the molecule is O=C1O[C@@H](CCl)CN1c1ccc(Br)cc1. The van der Waals surface area contributed by atoms with Crippen molar-refractivity contribution >= 4 is 39.3 Å². The van der Waals surface area contributed by atoms with Gasteiger partial charge >= 0.3 is 6.09 Å². The molecule has 0 N–H and O–H groups in total. The second kappa shape index (κ2) is 4.41. The Kier molecular flexibility index (Phi) is 3.17. The van der Waals surface area contributed by atoms with Crippen molar-refractivity contribution in [1.82, 2.24) is 0 Å². The fraction of sp³-hybridized carbons (Fsp3) is 0.300. The Morgan fingerprint density at radius 1 is 1.47 bits per heavy atom.